The third kappa shape index (κ3) is 3.77. The van der Waals surface area contributed by atoms with Gasteiger partial charge in [-0.25, -0.2) is 4.98 Å². The summed E-state index contributed by atoms with van der Waals surface area (Å²) in [6, 6.07) is 11.3. The molecule has 8 aromatic rings. The largest absolute Gasteiger partial charge is 0.296 e. The van der Waals surface area contributed by atoms with Gasteiger partial charge in [0.15, 0.2) is 0 Å². The van der Waals surface area contributed by atoms with Crippen LogP contribution in [0.25, 0.3) is 71.6 Å². The van der Waals surface area contributed by atoms with Crippen LogP contribution >= 0.6 is 0 Å². The lowest BCUT2D eigenvalue weighted by Crippen LogP contribution is -2.00. The molecule has 0 atom stereocenters. The van der Waals surface area contributed by atoms with E-state index in [0.29, 0.717) is 11.0 Å². The second-order valence-electron chi connectivity index (χ2n) is 9.57. The summed E-state index contributed by atoms with van der Waals surface area (Å²) in [6.45, 7) is -2.75. The molecule has 0 unspecified atom stereocenters. The minimum atomic E-state index is -2.75. The van der Waals surface area contributed by atoms with Crippen LogP contribution in [0, 0.1) is 6.85 Å². The molecule has 1 heterocycles. The number of aryl methyl sites for hydroxylation is 1. The lowest BCUT2D eigenvalue weighted by Gasteiger charge is -2.21. The molecule has 2 nitrogen and oxygen atoms in total. The van der Waals surface area contributed by atoms with Crippen molar-refractivity contribution in [3.8, 4) is 39.1 Å². The first-order valence-corrected chi connectivity index (χ1v) is 13.1. The van der Waals surface area contributed by atoms with Crippen molar-refractivity contribution >= 4 is 32.6 Å². The molecule has 42 heavy (non-hydrogen) atoms. The molecule has 0 fully saturated rings. The fraction of sp³-hybridized carbons (Fsp3) is 0.0250. The zero-order valence-electron chi connectivity index (χ0n) is 37.8. The molecule has 0 aliphatic carbocycles. The summed E-state index contributed by atoms with van der Waals surface area (Å²) in [7, 11) is 0. The Kier molecular flexibility index (Phi) is 3.06. The minimum Gasteiger partial charge on any atom is -0.296 e. The average Bonchev–Trinajstić information content (AvgIpc) is 3.62. The minimum absolute atomic E-state index is 0.0436. The van der Waals surface area contributed by atoms with E-state index in [0.717, 1.165) is 0 Å². The van der Waals surface area contributed by atoms with Crippen LogP contribution in [0.15, 0.2) is 151 Å². The van der Waals surface area contributed by atoms with Crippen LogP contribution in [0.1, 0.15) is 27.8 Å². The summed E-state index contributed by atoms with van der Waals surface area (Å²) < 4.78 is 142. The third-order valence-corrected chi connectivity index (χ3v) is 7.32. The van der Waals surface area contributed by atoms with Crippen molar-refractivity contribution in [2.24, 2.45) is 0 Å². The molecule has 0 amide bonds. The fourth-order valence-electron chi connectivity index (χ4n) is 5.62. The molecule has 0 aliphatic heterocycles. The summed E-state index contributed by atoms with van der Waals surface area (Å²) in [6.07, 6.45) is 0. The number of benzene rings is 7. The van der Waals surface area contributed by atoms with Crippen molar-refractivity contribution in [2.75, 3.05) is 0 Å². The summed E-state index contributed by atoms with van der Waals surface area (Å²) in [5, 5.41) is -0.692. The molecular weight excluding hydrogens is 508 g/mol. The van der Waals surface area contributed by atoms with E-state index in [9.17, 15) is 5.48 Å². The number of nitrogens with zero attached hydrogens (tertiary/aromatic N) is 2. The Morgan fingerprint density at radius 2 is 1.07 bits per heavy atom. The first kappa shape index (κ1) is 13.0. The van der Waals surface area contributed by atoms with Crippen LogP contribution < -0.4 is 0 Å². The maximum Gasteiger partial charge on any atom is 0.111 e. The quantitative estimate of drug-likeness (QED) is 0.199. The van der Waals surface area contributed by atoms with Crippen LogP contribution in [0.4, 0.5) is 0 Å². The van der Waals surface area contributed by atoms with Gasteiger partial charge in [0.1, 0.15) is 5.82 Å². The molecule has 198 valence electrons. The lowest BCUT2D eigenvalue weighted by atomic mass is 9.83. The number of hydrogen-bond acceptors (Lipinski definition) is 1. The number of aromatic nitrogens is 2. The fourth-order valence-corrected chi connectivity index (χ4v) is 5.62. The third-order valence-electron chi connectivity index (χ3n) is 7.32. The van der Waals surface area contributed by atoms with E-state index in [1.165, 1.54) is 16.7 Å². The molecular formula is C40H28N2. The van der Waals surface area contributed by atoms with Gasteiger partial charge in [-0.3, -0.25) is 4.57 Å². The van der Waals surface area contributed by atoms with Gasteiger partial charge in [0.25, 0.3) is 0 Å². The predicted molar refractivity (Wildman–Crippen MR) is 177 cm³/mol. The van der Waals surface area contributed by atoms with Crippen LogP contribution in [0.3, 0.4) is 0 Å². The van der Waals surface area contributed by atoms with Gasteiger partial charge < -0.3 is 0 Å². The highest BCUT2D eigenvalue weighted by atomic mass is 15.1. The average molecular weight is 553 g/mol. The zero-order chi connectivity index (χ0) is 41.9. The molecule has 0 N–H and O–H groups in total. The van der Waals surface area contributed by atoms with Crippen molar-refractivity contribution in [3.63, 3.8) is 0 Å². The first-order valence-electron chi connectivity index (χ1n) is 21.1. The highest BCUT2D eigenvalue weighted by Gasteiger charge is 2.21. The Morgan fingerprint density at radius 3 is 1.74 bits per heavy atom. The maximum absolute atomic E-state index is 9.43. The number of fused-ring (bicyclic) bond motifs is 3. The monoisotopic (exact) mass is 552 g/mol. The van der Waals surface area contributed by atoms with Gasteiger partial charge in [-0.2, -0.15) is 0 Å². The molecule has 0 radical (unpaired) electrons. The van der Waals surface area contributed by atoms with E-state index in [2.05, 4.69) is 4.98 Å². The molecule has 0 spiro atoms. The van der Waals surface area contributed by atoms with E-state index in [-0.39, 0.29) is 66.4 Å². The normalized spacial score (nSPS) is 17.1. The number of rotatable bonds is 4. The van der Waals surface area contributed by atoms with Gasteiger partial charge in [-0.05, 0) is 74.4 Å². The number of hydrogen-bond donors (Lipinski definition) is 0. The van der Waals surface area contributed by atoms with Crippen LogP contribution in [0.2, 0.25) is 0 Å². The number of imidazole rings is 1. The summed E-state index contributed by atoms with van der Waals surface area (Å²) >= 11 is 0. The van der Waals surface area contributed by atoms with Crippen molar-refractivity contribution in [1.82, 2.24) is 9.55 Å². The van der Waals surface area contributed by atoms with Crippen LogP contribution in [-0.2, 0) is 0 Å². The van der Waals surface area contributed by atoms with E-state index in [1.807, 2.05) is 0 Å². The van der Waals surface area contributed by atoms with Crippen LogP contribution in [-0.4, -0.2) is 9.55 Å². The van der Waals surface area contributed by atoms with E-state index in [1.54, 1.807) is 60.7 Å². The van der Waals surface area contributed by atoms with Gasteiger partial charge in [-0.1, -0.05) is 133 Å². The second-order valence-corrected chi connectivity index (χ2v) is 9.57. The molecule has 2 heteroatoms. The van der Waals surface area contributed by atoms with Crippen LogP contribution in [0.5, 0.6) is 0 Å². The Labute approximate surface area is 267 Å². The highest BCUT2D eigenvalue weighted by molar-refractivity contribution is 6.23. The van der Waals surface area contributed by atoms with Crippen molar-refractivity contribution < 1.29 is 21.9 Å². The molecule has 7 aromatic carbocycles. The second kappa shape index (κ2) is 9.87. The smallest absolute Gasteiger partial charge is 0.111 e. The molecule has 0 saturated heterocycles. The Bertz CT molecular complexity index is 2990. The molecule has 1 aromatic heterocycles. The SMILES string of the molecule is [2H]c1c([2H])c([2H])c(-c2ccccc2-c2c3c([2H])c([2H])c([2H])c([2H])c3c(-c3ccccc3-n3c(C([2H])([2H])[2H])nc4ccccc43)c3c([2H])c([2H])c([2H])c([2H])c23)c([2H])c1[2H]. The standard InChI is InChI=1S/C40H28N2/c1-27-41-36-24-12-14-26-38(36)42(27)37-25-13-11-23-35(37)40-33-21-9-7-19-31(33)39(32-20-8-10-22-34(32)40)30-18-6-5-17-29(30)28-15-3-2-4-16-28/h2-26H,1H3/i1D3,2D,3D,4D,7D,8D,9D,10D,15D,16D,19D,20D,21D,22D. The molecule has 0 aliphatic rings. The van der Waals surface area contributed by atoms with Gasteiger partial charge in [0, 0.05) is 9.68 Å². The van der Waals surface area contributed by atoms with Gasteiger partial charge in [0.05, 0.1) is 34.5 Å². The van der Waals surface area contributed by atoms with E-state index < -0.39 is 85.4 Å². The summed E-state index contributed by atoms with van der Waals surface area (Å²) in [5.74, 6) is -0.317. The molecule has 8 rings (SSSR count). The van der Waals surface area contributed by atoms with Crippen molar-refractivity contribution in [1.29, 1.82) is 0 Å². The van der Waals surface area contributed by atoms with E-state index >= 15 is 0 Å². The number of para-hydroxylation sites is 3. The van der Waals surface area contributed by atoms with Crippen molar-refractivity contribution in [2.45, 2.75) is 6.85 Å². The topological polar surface area (TPSA) is 17.8 Å². The summed E-state index contributed by atoms with van der Waals surface area (Å²) in [5.41, 5.74) is 0.830. The molecule has 0 saturated carbocycles. The Morgan fingerprint density at radius 1 is 0.548 bits per heavy atom. The predicted octanol–water partition coefficient (Wildman–Crippen LogP) is 10.6. The highest BCUT2D eigenvalue weighted by Crippen LogP contribution is 2.47. The summed E-state index contributed by atoms with van der Waals surface area (Å²) in [4.78, 5) is 4.45. The van der Waals surface area contributed by atoms with E-state index in [4.69, 9.17) is 16.4 Å². The first-order chi connectivity index (χ1) is 27.4. The Balaban J connectivity index is 1.67. The zero-order valence-corrected chi connectivity index (χ0v) is 21.8. The van der Waals surface area contributed by atoms with Gasteiger partial charge >= 0.3 is 0 Å². The van der Waals surface area contributed by atoms with Crippen molar-refractivity contribution in [3.05, 3.63) is 157 Å². The lowest BCUT2D eigenvalue weighted by molar-refractivity contribution is 1.00. The maximum atomic E-state index is 9.43. The van der Waals surface area contributed by atoms with Gasteiger partial charge in [-0.15, -0.1) is 0 Å². The molecule has 0 bridgehead atoms. The van der Waals surface area contributed by atoms with Gasteiger partial charge in [0.2, 0.25) is 0 Å². The Hall–Kier alpha value is -5.47.